The summed E-state index contributed by atoms with van der Waals surface area (Å²) >= 11 is 11.9. The first-order valence-corrected chi connectivity index (χ1v) is 6.72. The largest absolute Gasteiger partial charge is 0.381 e. The average Bonchev–Trinajstić information content (AvgIpc) is 2.40. The zero-order valence-corrected chi connectivity index (χ0v) is 11.7. The van der Waals surface area contributed by atoms with E-state index in [1.165, 1.54) is 11.3 Å². The van der Waals surface area contributed by atoms with Gasteiger partial charge in [-0.05, 0) is 35.7 Å². The molecule has 0 fully saturated rings. The average molecular weight is 280 g/mol. The number of halogens is 2. The van der Waals surface area contributed by atoms with Gasteiger partial charge in [0.15, 0.2) is 0 Å². The second-order valence-electron chi connectivity index (χ2n) is 4.11. The number of rotatable bonds is 4. The van der Waals surface area contributed by atoms with E-state index in [4.69, 9.17) is 23.2 Å². The number of anilines is 1. The van der Waals surface area contributed by atoms with Crippen LogP contribution in [0.4, 0.5) is 5.69 Å². The zero-order valence-electron chi connectivity index (χ0n) is 10.2. The molecule has 0 spiro atoms. The van der Waals surface area contributed by atoms with Crippen molar-refractivity contribution in [3.63, 3.8) is 0 Å². The first kappa shape index (κ1) is 13.3. The second-order valence-corrected chi connectivity index (χ2v) is 4.93. The van der Waals surface area contributed by atoms with E-state index in [0.29, 0.717) is 10.0 Å². The highest BCUT2D eigenvalue weighted by molar-refractivity contribution is 6.42. The van der Waals surface area contributed by atoms with Crippen molar-refractivity contribution in [2.24, 2.45) is 0 Å². The second kappa shape index (κ2) is 6.12. The molecule has 18 heavy (non-hydrogen) atoms. The van der Waals surface area contributed by atoms with Crippen LogP contribution in [0.1, 0.15) is 18.1 Å². The quantitative estimate of drug-likeness (QED) is 0.814. The predicted molar refractivity (Wildman–Crippen MR) is 79.6 cm³/mol. The number of para-hydroxylation sites is 1. The lowest BCUT2D eigenvalue weighted by molar-refractivity contribution is 1.09. The van der Waals surface area contributed by atoms with Crippen molar-refractivity contribution in [2.45, 2.75) is 19.9 Å². The number of hydrogen-bond donors (Lipinski definition) is 1. The molecule has 0 amide bonds. The van der Waals surface area contributed by atoms with Crippen LogP contribution in [0.2, 0.25) is 10.0 Å². The fourth-order valence-electron chi connectivity index (χ4n) is 1.85. The topological polar surface area (TPSA) is 12.0 Å². The van der Waals surface area contributed by atoms with E-state index in [2.05, 4.69) is 30.4 Å². The Bertz CT molecular complexity index is 538. The van der Waals surface area contributed by atoms with Gasteiger partial charge in [0.2, 0.25) is 0 Å². The van der Waals surface area contributed by atoms with Crippen LogP contribution in [0.3, 0.4) is 0 Å². The molecule has 0 aliphatic carbocycles. The molecule has 0 atom stereocenters. The number of nitrogens with one attached hydrogen (secondary N) is 1. The van der Waals surface area contributed by atoms with Gasteiger partial charge in [-0.25, -0.2) is 0 Å². The van der Waals surface area contributed by atoms with E-state index in [0.717, 1.165) is 18.5 Å². The molecule has 0 aliphatic rings. The van der Waals surface area contributed by atoms with E-state index in [1.807, 2.05) is 24.3 Å². The van der Waals surface area contributed by atoms with Crippen molar-refractivity contribution < 1.29 is 0 Å². The number of hydrogen-bond acceptors (Lipinski definition) is 1. The monoisotopic (exact) mass is 279 g/mol. The van der Waals surface area contributed by atoms with Gasteiger partial charge in [0.05, 0.1) is 10.0 Å². The third-order valence-corrected chi connectivity index (χ3v) is 3.60. The minimum absolute atomic E-state index is 0.592. The molecule has 0 saturated heterocycles. The summed E-state index contributed by atoms with van der Waals surface area (Å²) in [6.45, 7) is 2.90. The lowest BCUT2D eigenvalue weighted by Gasteiger charge is -2.11. The van der Waals surface area contributed by atoms with Crippen LogP contribution in [0, 0.1) is 0 Å². The Balaban J connectivity index is 2.09. The number of benzene rings is 2. The van der Waals surface area contributed by atoms with Gasteiger partial charge in [0, 0.05) is 12.2 Å². The molecular formula is C15H15Cl2N. The van der Waals surface area contributed by atoms with Crippen LogP contribution in [0.15, 0.2) is 42.5 Å². The molecule has 1 nitrogen and oxygen atoms in total. The van der Waals surface area contributed by atoms with Crippen molar-refractivity contribution in [3.8, 4) is 0 Å². The molecule has 0 radical (unpaired) electrons. The molecule has 2 aromatic carbocycles. The Kier molecular flexibility index (Phi) is 4.51. The highest BCUT2D eigenvalue weighted by Crippen LogP contribution is 2.23. The van der Waals surface area contributed by atoms with E-state index < -0.39 is 0 Å². The summed E-state index contributed by atoms with van der Waals surface area (Å²) in [4.78, 5) is 0. The molecule has 0 aliphatic heterocycles. The zero-order chi connectivity index (χ0) is 13.0. The summed E-state index contributed by atoms with van der Waals surface area (Å²) in [5.74, 6) is 0. The highest BCUT2D eigenvalue weighted by Gasteiger charge is 2.01. The van der Waals surface area contributed by atoms with Gasteiger partial charge in [0.1, 0.15) is 0 Å². The first-order chi connectivity index (χ1) is 8.70. The third kappa shape index (κ3) is 3.18. The lowest BCUT2D eigenvalue weighted by atomic mass is 10.1. The van der Waals surface area contributed by atoms with Gasteiger partial charge in [-0.2, -0.15) is 0 Å². The molecule has 2 aromatic rings. The van der Waals surface area contributed by atoms with Crippen LogP contribution in [-0.2, 0) is 13.0 Å². The molecule has 2 rings (SSSR count). The van der Waals surface area contributed by atoms with Crippen molar-refractivity contribution in [2.75, 3.05) is 5.32 Å². The van der Waals surface area contributed by atoms with Crippen LogP contribution in [0.5, 0.6) is 0 Å². The van der Waals surface area contributed by atoms with Crippen LogP contribution >= 0.6 is 23.2 Å². The lowest BCUT2D eigenvalue weighted by Crippen LogP contribution is -2.01. The van der Waals surface area contributed by atoms with E-state index in [1.54, 1.807) is 0 Å². The normalized spacial score (nSPS) is 10.4. The molecule has 0 bridgehead atoms. The Morgan fingerprint density at radius 2 is 1.78 bits per heavy atom. The highest BCUT2D eigenvalue weighted by atomic mass is 35.5. The van der Waals surface area contributed by atoms with E-state index in [-0.39, 0.29) is 0 Å². The minimum Gasteiger partial charge on any atom is -0.381 e. The standard InChI is InChI=1S/C15H15Cl2N/c1-2-12-5-3-4-6-15(12)18-10-11-7-8-13(16)14(17)9-11/h3-9,18H,2,10H2,1H3. The molecular weight excluding hydrogens is 265 g/mol. The van der Waals surface area contributed by atoms with Crippen molar-refractivity contribution in [1.82, 2.24) is 0 Å². The van der Waals surface area contributed by atoms with Gasteiger partial charge in [0.25, 0.3) is 0 Å². The van der Waals surface area contributed by atoms with Crippen LogP contribution < -0.4 is 5.32 Å². The summed E-state index contributed by atoms with van der Waals surface area (Å²) < 4.78 is 0. The van der Waals surface area contributed by atoms with Gasteiger partial charge < -0.3 is 5.32 Å². The van der Waals surface area contributed by atoms with Gasteiger partial charge in [-0.1, -0.05) is 54.4 Å². The molecule has 0 aromatic heterocycles. The summed E-state index contributed by atoms with van der Waals surface area (Å²) in [5, 5.41) is 4.61. The Morgan fingerprint density at radius 3 is 2.50 bits per heavy atom. The molecule has 0 heterocycles. The predicted octanol–water partition coefficient (Wildman–Crippen LogP) is 5.17. The van der Waals surface area contributed by atoms with Crippen LogP contribution in [-0.4, -0.2) is 0 Å². The number of aryl methyl sites for hydroxylation is 1. The maximum absolute atomic E-state index is 5.99. The van der Waals surface area contributed by atoms with Crippen molar-refractivity contribution >= 4 is 28.9 Å². The first-order valence-electron chi connectivity index (χ1n) is 5.96. The van der Waals surface area contributed by atoms with Gasteiger partial charge in [-0.15, -0.1) is 0 Å². The molecule has 0 unspecified atom stereocenters. The Labute approximate surface area is 118 Å². The summed E-state index contributed by atoms with van der Waals surface area (Å²) in [7, 11) is 0. The maximum Gasteiger partial charge on any atom is 0.0595 e. The van der Waals surface area contributed by atoms with Crippen molar-refractivity contribution in [3.05, 3.63) is 63.6 Å². The maximum atomic E-state index is 5.99. The fraction of sp³-hybridized carbons (Fsp3) is 0.200. The Hall–Kier alpha value is -1.18. The fourth-order valence-corrected chi connectivity index (χ4v) is 2.17. The van der Waals surface area contributed by atoms with E-state index >= 15 is 0 Å². The van der Waals surface area contributed by atoms with Gasteiger partial charge in [-0.3, -0.25) is 0 Å². The van der Waals surface area contributed by atoms with Crippen LogP contribution in [0.25, 0.3) is 0 Å². The molecule has 94 valence electrons. The molecule has 0 saturated carbocycles. The molecule has 3 heteroatoms. The third-order valence-electron chi connectivity index (χ3n) is 2.87. The summed E-state index contributed by atoms with van der Waals surface area (Å²) in [6, 6.07) is 14.0. The van der Waals surface area contributed by atoms with Gasteiger partial charge >= 0.3 is 0 Å². The smallest absolute Gasteiger partial charge is 0.0595 e. The Morgan fingerprint density at radius 1 is 1.00 bits per heavy atom. The van der Waals surface area contributed by atoms with Crippen molar-refractivity contribution in [1.29, 1.82) is 0 Å². The molecule has 1 N–H and O–H groups in total. The minimum atomic E-state index is 0.592. The van der Waals surface area contributed by atoms with E-state index in [9.17, 15) is 0 Å². The summed E-state index contributed by atoms with van der Waals surface area (Å²) in [6.07, 6.45) is 1.02. The summed E-state index contributed by atoms with van der Waals surface area (Å²) in [5.41, 5.74) is 3.61. The SMILES string of the molecule is CCc1ccccc1NCc1ccc(Cl)c(Cl)c1.